The van der Waals surface area contributed by atoms with Crippen LogP contribution in [0.4, 0.5) is 4.39 Å². The lowest BCUT2D eigenvalue weighted by molar-refractivity contribution is 0.143. The lowest BCUT2D eigenvalue weighted by Gasteiger charge is -2.06. The van der Waals surface area contributed by atoms with E-state index in [1.807, 2.05) is 24.5 Å². The van der Waals surface area contributed by atoms with Crippen molar-refractivity contribution in [2.75, 3.05) is 0 Å². The number of pyridine rings is 1. The van der Waals surface area contributed by atoms with Crippen molar-refractivity contribution >= 4 is 5.52 Å². The third-order valence-corrected chi connectivity index (χ3v) is 4.03. The number of nitrogens with zero attached hydrogens (tertiary/aromatic N) is 4. The molecule has 5 nitrogen and oxygen atoms in total. The van der Waals surface area contributed by atoms with Crippen LogP contribution in [-0.2, 0) is 0 Å². The Balaban J connectivity index is 1.81. The first kappa shape index (κ1) is 17.0. The van der Waals surface area contributed by atoms with E-state index in [0.29, 0.717) is 0 Å². The molecule has 4 rings (SSSR count). The molecular weight excluding hydrogens is 343 g/mol. The Morgan fingerprint density at radius 3 is 2.59 bits per heavy atom. The summed E-state index contributed by atoms with van der Waals surface area (Å²) in [4.78, 5) is 0. The van der Waals surface area contributed by atoms with Crippen LogP contribution in [0.2, 0.25) is 0 Å². The Kier molecular flexibility index (Phi) is 4.02. The molecule has 0 spiro atoms. The molecule has 0 aliphatic carbocycles. The molecule has 3 heterocycles. The number of rotatable bonds is 2. The van der Waals surface area contributed by atoms with Crippen LogP contribution in [0.3, 0.4) is 0 Å². The number of halogens is 1. The number of hydrogen-bond acceptors (Lipinski definition) is 3. The highest BCUT2D eigenvalue weighted by Gasteiger charge is 2.13. The van der Waals surface area contributed by atoms with Crippen molar-refractivity contribution < 1.29 is 9.50 Å². The second-order valence-corrected chi connectivity index (χ2v) is 6.73. The van der Waals surface area contributed by atoms with Gasteiger partial charge in [0.25, 0.3) is 0 Å². The Bertz CT molecular complexity index is 1170. The van der Waals surface area contributed by atoms with Gasteiger partial charge in [-0.05, 0) is 50.2 Å². The van der Waals surface area contributed by atoms with Gasteiger partial charge in [-0.25, -0.2) is 13.6 Å². The first-order chi connectivity index (χ1) is 12.9. The lowest BCUT2D eigenvalue weighted by atomic mass is 10.1. The van der Waals surface area contributed by atoms with Gasteiger partial charge in [0.2, 0.25) is 0 Å². The van der Waals surface area contributed by atoms with E-state index in [2.05, 4.69) is 22.0 Å². The van der Waals surface area contributed by atoms with E-state index in [9.17, 15) is 9.50 Å². The molecule has 27 heavy (non-hydrogen) atoms. The molecule has 0 amide bonds. The van der Waals surface area contributed by atoms with Crippen molar-refractivity contribution in [3.05, 3.63) is 72.6 Å². The van der Waals surface area contributed by atoms with Crippen LogP contribution in [-0.4, -0.2) is 30.1 Å². The maximum absolute atomic E-state index is 13.1. The molecule has 0 aliphatic heterocycles. The fourth-order valence-electron chi connectivity index (χ4n) is 2.77. The average molecular weight is 360 g/mol. The van der Waals surface area contributed by atoms with Crippen molar-refractivity contribution in [1.82, 2.24) is 19.4 Å². The van der Waals surface area contributed by atoms with Gasteiger partial charge in [-0.2, -0.15) is 10.2 Å². The van der Waals surface area contributed by atoms with Gasteiger partial charge in [0, 0.05) is 23.5 Å². The molecule has 134 valence electrons. The van der Waals surface area contributed by atoms with Gasteiger partial charge in [0.05, 0.1) is 29.2 Å². The largest absolute Gasteiger partial charge is 0.378 e. The molecule has 3 aromatic heterocycles. The molecule has 1 aromatic carbocycles. The van der Waals surface area contributed by atoms with E-state index in [0.717, 1.165) is 27.9 Å². The van der Waals surface area contributed by atoms with Crippen molar-refractivity contribution in [2.24, 2.45) is 0 Å². The number of aromatic nitrogens is 4. The third kappa shape index (κ3) is 3.46. The van der Waals surface area contributed by atoms with Gasteiger partial charge in [-0.3, -0.25) is 0 Å². The van der Waals surface area contributed by atoms with Crippen molar-refractivity contribution in [3.63, 3.8) is 0 Å². The highest BCUT2D eigenvalue weighted by molar-refractivity contribution is 5.84. The minimum absolute atomic E-state index is 0.288. The van der Waals surface area contributed by atoms with Gasteiger partial charge in [-0.15, -0.1) is 0 Å². The normalized spacial score (nSPS) is 11.4. The zero-order chi connectivity index (χ0) is 19.0. The van der Waals surface area contributed by atoms with Crippen LogP contribution in [0, 0.1) is 17.7 Å². The van der Waals surface area contributed by atoms with E-state index >= 15 is 0 Å². The molecule has 6 heteroatoms. The van der Waals surface area contributed by atoms with Crippen molar-refractivity contribution in [2.45, 2.75) is 19.4 Å². The first-order valence-corrected chi connectivity index (χ1v) is 8.44. The van der Waals surface area contributed by atoms with E-state index in [4.69, 9.17) is 0 Å². The molecule has 0 saturated carbocycles. The van der Waals surface area contributed by atoms with Crippen LogP contribution in [0.1, 0.15) is 19.4 Å². The van der Waals surface area contributed by atoms with Crippen LogP contribution >= 0.6 is 0 Å². The monoisotopic (exact) mass is 360 g/mol. The number of fused-ring (bicyclic) bond motifs is 1. The summed E-state index contributed by atoms with van der Waals surface area (Å²) >= 11 is 0. The molecule has 4 aromatic rings. The molecule has 0 bridgehead atoms. The van der Waals surface area contributed by atoms with Gasteiger partial charge in [-0.1, -0.05) is 11.8 Å². The van der Waals surface area contributed by atoms with Gasteiger partial charge in [0.15, 0.2) is 0 Å². The summed E-state index contributed by atoms with van der Waals surface area (Å²) in [6.45, 7) is 3.29. The van der Waals surface area contributed by atoms with E-state index in [1.165, 1.54) is 12.1 Å². The van der Waals surface area contributed by atoms with Crippen LogP contribution in [0.25, 0.3) is 22.3 Å². The summed E-state index contributed by atoms with van der Waals surface area (Å²) in [6, 6.07) is 9.89. The quantitative estimate of drug-likeness (QED) is 0.557. The zero-order valence-electron chi connectivity index (χ0n) is 14.9. The summed E-state index contributed by atoms with van der Waals surface area (Å²) < 4.78 is 16.6. The summed E-state index contributed by atoms with van der Waals surface area (Å²) in [6.07, 6.45) is 7.21. The standard InChI is InChI=1S/C21H17FN4O/c1-21(2,27)10-9-15-4-3-11-25-20(15)19(13-24-25)16-12-23-26(14-16)18-7-5-17(22)6-8-18/h3-8,11-14,27H,1-2H3. The van der Waals surface area contributed by atoms with Gasteiger partial charge >= 0.3 is 0 Å². The topological polar surface area (TPSA) is 55.4 Å². The van der Waals surface area contributed by atoms with E-state index < -0.39 is 5.60 Å². The van der Waals surface area contributed by atoms with E-state index in [-0.39, 0.29) is 5.82 Å². The Hall–Kier alpha value is -3.43. The van der Waals surface area contributed by atoms with E-state index in [1.54, 1.807) is 47.6 Å². The van der Waals surface area contributed by atoms with Crippen molar-refractivity contribution in [3.8, 4) is 28.7 Å². The van der Waals surface area contributed by atoms with Crippen molar-refractivity contribution in [1.29, 1.82) is 0 Å². The molecule has 0 unspecified atom stereocenters. The highest BCUT2D eigenvalue weighted by Crippen LogP contribution is 2.27. The smallest absolute Gasteiger partial charge is 0.123 e. The predicted octanol–water partition coefficient (Wildman–Crippen LogP) is 3.45. The summed E-state index contributed by atoms with van der Waals surface area (Å²) in [7, 11) is 0. The van der Waals surface area contributed by atoms with Gasteiger partial charge < -0.3 is 5.11 Å². The van der Waals surface area contributed by atoms with Gasteiger partial charge in [0.1, 0.15) is 11.4 Å². The molecule has 0 atom stereocenters. The second-order valence-electron chi connectivity index (χ2n) is 6.73. The molecule has 0 saturated heterocycles. The summed E-state index contributed by atoms with van der Waals surface area (Å²) in [5, 5.41) is 18.7. The van der Waals surface area contributed by atoms with Crippen LogP contribution < -0.4 is 0 Å². The molecular formula is C21H17FN4O. The second kappa shape index (κ2) is 6.38. The number of benzene rings is 1. The maximum Gasteiger partial charge on any atom is 0.123 e. The SMILES string of the molecule is CC(C)(O)C#Cc1cccn2ncc(-c3cnn(-c4ccc(F)cc4)c3)c12. The number of aliphatic hydroxyl groups is 1. The summed E-state index contributed by atoms with van der Waals surface area (Å²) in [5.74, 6) is 5.59. The Morgan fingerprint density at radius 1 is 1.07 bits per heavy atom. The Labute approximate surface area is 155 Å². The fourth-order valence-corrected chi connectivity index (χ4v) is 2.77. The minimum atomic E-state index is -1.08. The third-order valence-electron chi connectivity index (χ3n) is 4.03. The molecule has 0 fully saturated rings. The van der Waals surface area contributed by atoms with Crippen LogP contribution in [0.15, 0.2) is 61.2 Å². The maximum atomic E-state index is 13.1. The molecule has 1 N–H and O–H groups in total. The predicted molar refractivity (Wildman–Crippen MR) is 101 cm³/mol. The molecule has 0 radical (unpaired) electrons. The first-order valence-electron chi connectivity index (χ1n) is 8.44. The summed E-state index contributed by atoms with van der Waals surface area (Å²) in [5.41, 5.74) is 3.03. The number of hydrogen-bond donors (Lipinski definition) is 1. The average Bonchev–Trinajstić information content (AvgIpc) is 3.27. The zero-order valence-corrected chi connectivity index (χ0v) is 14.9. The minimum Gasteiger partial charge on any atom is -0.378 e. The highest BCUT2D eigenvalue weighted by atomic mass is 19.1. The lowest BCUT2D eigenvalue weighted by Crippen LogP contribution is -2.14. The Morgan fingerprint density at radius 2 is 1.85 bits per heavy atom. The molecule has 0 aliphatic rings. The van der Waals surface area contributed by atoms with Crippen LogP contribution in [0.5, 0.6) is 0 Å². The fraction of sp³-hybridized carbons (Fsp3) is 0.143.